The zero-order valence-electron chi connectivity index (χ0n) is 8.04. The Kier molecular flexibility index (Phi) is 1.27. The van der Waals surface area contributed by atoms with Crippen LogP contribution in [-0.2, 0) is 9.59 Å². The average Bonchev–Trinajstić information content (AvgIpc) is 2.75. The third-order valence-electron chi connectivity index (χ3n) is 2.51. The number of ether oxygens (including phenoxy) is 2. The normalized spacial score (nSPS) is 17.7. The summed E-state index contributed by atoms with van der Waals surface area (Å²) in [6.07, 6.45) is 0. The van der Waals surface area contributed by atoms with E-state index in [2.05, 4.69) is 0 Å². The number of fused-ring (bicyclic) bond motifs is 3. The maximum Gasteiger partial charge on any atom is 0.343 e. The number of carbonyl (C=O) groups excluding carboxylic acids is 2. The first kappa shape index (κ1) is 8.28. The zero-order valence-corrected chi connectivity index (χ0v) is 8.04. The molecule has 5 nitrogen and oxygen atoms in total. The Morgan fingerprint density at radius 1 is 0.800 bits per heavy atom. The third-order valence-corrected chi connectivity index (χ3v) is 2.51. The number of hydrogen-bond acceptors (Lipinski definition) is 5. The van der Waals surface area contributed by atoms with Crippen molar-refractivity contribution in [3.63, 3.8) is 0 Å². The van der Waals surface area contributed by atoms with Crippen LogP contribution in [0.1, 0.15) is 13.8 Å². The van der Waals surface area contributed by atoms with Crippen molar-refractivity contribution in [1.82, 2.24) is 0 Å². The minimum atomic E-state index is -0.466. The molecule has 76 valence electrons. The van der Waals surface area contributed by atoms with E-state index in [0.29, 0.717) is 22.0 Å². The topological polar surface area (TPSA) is 65.7 Å². The maximum atomic E-state index is 11.2. The number of carbonyl (C=O) groups is 2. The van der Waals surface area contributed by atoms with Crippen LogP contribution in [0.25, 0.3) is 11.1 Å². The molecule has 0 saturated carbocycles. The smallest absolute Gasteiger partial charge is 0.343 e. The predicted molar refractivity (Wildman–Crippen MR) is 47.4 cm³/mol. The van der Waals surface area contributed by atoms with Gasteiger partial charge in [0, 0.05) is 0 Å². The monoisotopic (exact) mass is 206 g/mol. The predicted octanol–water partition coefficient (Wildman–Crippen LogP) is -0.541. The second-order valence-corrected chi connectivity index (χ2v) is 3.45. The molecular formula is C10H6O5. The van der Waals surface area contributed by atoms with Gasteiger partial charge in [-0.1, -0.05) is 0 Å². The van der Waals surface area contributed by atoms with Crippen LogP contribution < -0.4 is 20.3 Å². The molecule has 0 spiro atoms. The lowest BCUT2D eigenvalue weighted by molar-refractivity contribution is -0.129. The molecule has 3 heterocycles. The molecule has 0 aromatic carbocycles. The Labute approximate surface area is 83.6 Å². The summed E-state index contributed by atoms with van der Waals surface area (Å²) in [5.74, 6) is -0.491. The van der Waals surface area contributed by atoms with Crippen LogP contribution in [0.4, 0.5) is 0 Å². The van der Waals surface area contributed by atoms with Crippen LogP contribution in [0.5, 0.6) is 11.5 Å². The van der Waals surface area contributed by atoms with E-state index in [-0.39, 0.29) is 11.5 Å². The number of rotatable bonds is 0. The summed E-state index contributed by atoms with van der Waals surface area (Å²) < 4.78 is 15.2. The van der Waals surface area contributed by atoms with Crippen LogP contribution in [-0.4, -0.2) is 11.9 Å². The van der Waals surface area contributed by atoms with E-state index >= 15 is 0 Å². The summed E-state index contributed by atoms with van der Waals surface area (Å²) in [5, 5.41) is 0. The van der Waals surface area contributed by atoms with Gasteiger partial charge in [-0.2, -0.15) is 0 Å². The lowest BCUT2D eigenvalue weighted by Crippen LogP contribution is -2.07. The van der Waals surface area contributed by atoms with Crippen molar-refractivity contribution in [3.8, 4) is 11.5 Å². The van der Waals surface area contributed by atoms with E-state index in [1.807, 2.05) is 0 Å². The van der Waals surface area contributed by atoms with E-state index in [4.69, 9.17) is 13.9 Å². The minimum absolute atomic E-state index is 0.220. The van der Waals surface area contributed by atoms with Gasteiger partial charge in [0.1, 0.15) is 0 Å². The first-order valence-corrected chi connectivity index (χ1v) is 4.38. The molecule has 2 aliphatic heterocycles. The Morgan fingerprint density at radius 2 is 1.20 bits per heavy atom. The zero-order chi connectivity index (χ0) is 10.7. The fourth-order valence-electron chi connectivity index (χ4n) is 1.60. The molecule has 0 atom stereocenters. The second kappa shape index (κ2) is 2.31. The van der Waals surface area contributed by atoms with Crippen molar-refractivity contribution in [2.75, 3.05) is 0 Å². The van der Waals surface area contributed by atoms with Gasteiger partial charge in [0.05, 0.1) is 11.1 Å². The van der Waals surface area contributed by atoms with Crippen molar-refractivity contribution in [3.05, 3.63) is 10.8 Å². The Morgan fingerprint density at radius 3 is 1.60 bits per heavy atom. The van der Waals surface area contributed by atoms with Crippen LogP contribution in [0.2, 0.25) is 0 Å². The summed E-state index contributed by atoms with van der Waals surface area (Å²) in [4.78, 5) is 22.4. The fraction of sp³-hybridized carbons (Fsp3) is 0.200. The average molecular weight is 206 g/mol. The van der Waals surface area contributed by atoms with Gasteiger partial charge < -0.3 is 13.9 Å². The Hall–Kier alpha value is -2.04. The summed E-state index contributed by atoms with van der Waals surface area (Å²) in [5.41, 5.74) is 1.50. The van der Waals surface area contributed by atoms with E-state index in [1.54, 1.807) is 13.8 Å². The van der Waals surface area contributed by atoms with Gasteiger partial charge in [-0.05, 0) is 13.8 Å². The van der Waals surface area contributed by atoms with Gasteiger partial charge in [0.25, 0.3) is 0 Å². The molecule has 0 bridgehead atoms. The first-order chi connectivity index (χ1) is 7.09. The van der Waals surface area contributed by atoms with Crippen molar-refractivity contribution < 1.29 is 23.5 Å². The molecule has 3 rings (SSSR count). The Balaban J connectivity index is 2.46. The van der Waals surface area contributed by atoms with Gasteiger partial charge in [-0.15, -0.1) is 0 Å². The SMILES string of the molecule is CC1=c2oc3c(c2OC1=O)OC(=O)C=3C. The van der Waals surface area contributed by atoms with Gasteiger partial charge in [0.2, 0.25) is 11.5 Å². The molecule has 0 amide bonds. The molecule has 1 aromatic heterocycles. The molecule has 0 fully saturated rings. The maximum absolute atomic E-state index is 11.2. The third kappa shape index (κ3) is 0.823. The Bertz CT molecular complexity index is 577. The van der Waals surface area contributed by atoms with Crippen molar-refractivity contribution in [2.24, 2.45) is 0 Å². The number of esters is 2. The molecule has 0 unspecified atom stereocenters. The van der Waals surface area contributed by atoms with Gasteiger partial charge >= 0.3 is 11.9 Å². The van der Waals surface area contributed by atoms with Gasteiger partial charge in [0.15, 0.2) is 10.8 Å². The van der Waals surface area contributed by atoms with Gasteiger partial charge in [-0.25, -0.2) is 9.59 Å². The molecule has 0 saturated heterocycles. The lowest BCUT2D eigenvalue weighted by atomic mass is 10.3. The molecule has 5 heteroatoms. The molecule has 15 heavy (non-hydrogen) atoms. The molecule has 0 radical (unpaired) electrons. The van der Waals surface area contributed by atoms with Crippen molar-refractivity contribution >= 4 is 23.1 Å². The molecular weight excluding hydrogens is 200 g/mol. The van der Waals surface area contributed by atoms with Crippen molar-refractivity contribution in [2.45, 2.75) is 13.8 Å². The second-order valence-electron chi connectivity index (χ2n) is 3.45. The fourth-order valence-corrected chi connectivity index (χ4v) is 1.60. The van der Waals surface area contributed by atoms with Crippen LogP contribution in [0.15, 0.2) is 4.42 Å². The minimum Gasteiger partial charge on any atom is -0.448 e. The summed E-state index contributed by atoms with van der Waals surface area (Å²) in [6.45, 7) is 3.20. The molecule has 2 aliphatic rings. The highest BCUT2D eigenvalue weighted by atomic mass is 16.6. The highest BCUT2D eigenvalue weighted by molar-refractivity contribution is 6.15. The highest BCUT2D eigenvalue weighted by Crippen LogP contribution is 2.29. The van der Waals surface area contributed by atoms with Gasteiger partial charge in [-0.3, -0.25) is 0 Å². The van der Waals surface area contributed by atoms with E-state index in [9.17, 15) is 9.59 Å². The van der Waals surface area contributed by atoms with Crippen LogP contribution >= 0.6 is 0 Å². The summed E-state index contributed by atoms with van der Waals surface area (Å²) in [6, 6.07) is 0. The molecule has 0 N–H and O–H groups in total. The van der Waals surface area contributed by atoms with Crippen LogP contribution in [0.3, 0.4) is 0 Å². The van der Waals surface area contributed by atoms with E-state index < -0.39 is 11.9 Å². The van der Waals surface area contributed by atoms with E-state index in [1.165, 1.54) is 0 Å². The van der Waals surface area contributed by atoms with E-state index in [0.717, 1.165) is 0 Å². The first-order valence-electron chi connectivity index (χ1n) is 4.38. The summed E-state index contributed by atoms with van der Waals surface area (Å²) >= 11 is 0. The highest BCUT2D eigenvalue weighted by Gasteiger charge is 2.34. The van der Waals surface area contributed by atoms with Crippen molar-refractivity contribution in [1.29, 1.82) is 0 Å². The number of furan rings is 1. The molecule has 1 aromatic rings. The number of hydrogen-bond donors (Lipinski definition) is 0. The summed E-state index contributed by atoms with van der Waals surface area (Å²) in [7, 11) is 0. The largest absolute Gasteiger partial charge is 0.448 e. The van der Waals surface area contributed by atoms with Crippen LogP contribution in [0, 0.1) is 0 Å². The standard InChI is InChI=1S/C10H6O5/c1-3-5-7(14-9(3)11)8-6(13-5)4(2)10(12)15-8/h1-2H3. The molecule has 0 aliphatic carbocycles. The quantitative estimate of drug-likeness (QED) is 0.533. The lowest BCUT2D eigenvalue weighted by Gasteiger charge is -1.95.